The van der Waals surface area contributed by atoms with Gasteiger partial charge in [-0.05, 0) is 93.3 Å². The van der Waals surface area contributed by atoms with E-state index in [1.165, 1.54) is 0 Å². The van der Waals surface area contributed by atoms with Gasteiger partial charge in [-0.1, -0.05) is 25.7 Å². The quantitative estimate of drug-likeness (QED) is 0.563. The van der Waals surface area contributed by atoms with Crippen molar-refractivity contribution in [2.24, 2.45) is 22.7 Å². The molecule has 2 unspecified atom stereocenters. The Morgan fingerprint density at radius 3 is 1.42 bits per heavy atom. The van der Waals surface area contributed by atoms with Crippen molar-refractivity contribution in [3.8, 4) is 0 Å². The smallest absolute Gasteiger partial charge is 0.0295 e. The van der Waals surface area contributed by atoms with Gasteiger partial charge in [-0.15, -0.1) is 0 Å². The van der Waals surface area contributed by atoms with Crippen molar-refractivity contribution >= 4 is 0 Å². The van der Waals surface area contributed by atoms with Gasteiger partial charge in [0.25, 0.3) is 0 Å². The van der Waals surface area contributed by atoms with Gasteiger partial charge in [-0.3, -0.25) is 0 Å². The minimum absolute atomic E-state index is 0.855. The van der Waals surface area contributed by atoms with Crippen molar-refractivity contribution < 1.29 is 0 Å². The van der Waals surface area contributed by atoms with Gasteiger partial charge in [0, 0.05) is 0 Å². The Bertz CT molecular complexity index is 285. The number of rotatable bonds is 2. The summed E-state index contributed by atoms with van der Waals surface area (Å²) in [6, 6.07) is 0. The molecule has 0 N–H and O–H groups in total. The molecule has 0 saturated heterocycles. The predicted molar refractivity (Wildman–Crippen MR) is 81.1 cm³/mol. The topological polar surface area (TPSA) is 0 Å². The molecule has 0 aromatic carbocycles. The van der Waals surface area contributed by atoms with E-state index < -0.39 is 0 Å². The fourth-order valence-corrected chi connectivity index (χ4v) is 6.69. The van der Waals surface area contributed by atoms with Crippen LogP contribution in [0.15, 0.2) is 0 Å². The summed E-state index contributed by atoms with van der Waals surface area (Å²) in [5, 5.41) is 0. The summed E-state index contributed by atoms with van der Waals surface area (Å²) in [5.41, 5.74) is 1.71. The lowest BCUT2D eigenvalue weighted by Gasteiger charge is -2.25. The van der Waals surface area contributed by atoms with Gasteiger partial charge < -0.3 is 0 Å². The summed E-state index contributed by atoms with van der Waals surface area (Å²) in [7, 11) is 0. The van der Waals surface area contributed by atoms with Gasteiger partial charge >= 0.3 is 0 Å². The maximum atomic E-state index is 1.62. The van der Waals surface area contributed by atoms with E-state index in [1.54, 1.807) is 96.3 Å². The van der Waals surface area contributed by atoms with Crippen LogP contribution in [0.4, 0.5) is 0 Å². The minimum Gasteiger partial charge on any atom is -0.0528 e. The third kappa shape index (κ3) is 2.38. The Morgan fingerprint density at radius 2 is 1.00 bits per heavy atom. The third-order valence-corrected chi connectivity index (χ3v) is 7.60. The average molecular weight is 260 g/mol. The van der Waals surface area contributed by atoms with Crippen molar-refractivity contribution in [3.05, 3.63) is 0 Å². The molecule has 4 saturated carbocycles. The average Bonchev–Trinajstić information content (AvgIpc) is 3.16. The zero-order valence-corrected chi connectivity index (χ0v) is 12.8. The fraction of sp³-hybridized carbons (Fsp3) is 1.00. The van der Waals surface area contributed by atoms with E-state index in [0.717, 1.165) is 22.7 Å². The van der Waals surface area contributed by atoms with Gasteiger partial charge in [-0.25, -0.2) is 0 Å². The zero-order valence-electron chi connectivity index (χ0n) is 12.8. The van der Waals surface area contributed by atoms with Crippen LogP contribution in [0, 0.1) is 22.7 Å². The van der Waals surface area contributed by atoms with Crippen LogP contribution in [0.5, 0.6) is 0 Å². The molecule has 19 heavy (non-hydrogen) atoms. The third-order valence-electron chi connectivity index (χ3n) is 7.60. The Kier molecular flexibility index (Phi) is 3.20. The Hall–Kier alpha value is 0. The van der Waals surface area contributed by atoms with Crippen LogP contribution in [-0.2, 0) is 0 Å². The highest BCUT2D eigenvalue weighted by atomic mass is 14.5. The van der Waals surface area contributed by atoms with Crippen LogP contribution in [0.1, 0.15) is 96.3 Å². The van der Waals surface area contributed by atoms with Gasteiger partial charge in [0.1, 0.15) is 0 Å². The lowest BCUT2D eigenvalue weighted by molar-refractivity contribution is 0.260. The Balaban J connectivity index is 1.31. The first-order valence-corrected chi connectivity index (χ1v) is 9.28. The van der Waals surface area contributed by atoms with E-state index in [2.05, 4.69) is 0 Å². The van der Waals surface area contributed by atoms with Gasteiger partial charge in [-0.2, -0.15) is 0 Å². The van der Waals surface area contributed by atoms with Crippen molar-refractivity contribution in [2.45, 2.75) is 96.3 Å². The first-order chi connectivity index (χ1) is 9.28. The van der Waals surface area contributed by atoms with E-state index in [9.17, 15) is 0 Å². The monoisotopic (exact) mass is 260 g/mol. The highest BCUT2D eigenvalue weighted by Crippen LogP contribution is 2.57. The summed E-state index contributed by atoms with van der Waals surface area (Å²) >= 11 is 0. The lowest BCUT2D eigenvalue weighted by atomic mass is 9.80. The molecule has 0 heterocycles. The number of hydrogen-bond donors (Lipinski definition) is 0. The molecule has 0 nitrogen and oxygen atoms in total. The van der Waals surface area contributed by atoms with Crippen LogP contribution < -0.4 is 0 Å². The highest BCUT2D eigenvalue weighted by molar-refractivity contribution is 4.96. The van der Waals surface area contributed by atoms with Crippen molar-refractivity contribution in [1.29, 1.82) is 0 Å². The molecule has 4 aliphatic carbocycles. The fourth-order valence-electron chi connectivity index (χ4n) is 6.69. The first kappa shape index (κ1) is 12.7. The summed E-state index contributed by atoms with van der Waals surface area (Å²) in [4.78, 5) is 0. The van der Waals surface area contributed by atoms with Crippen LogP contribution in [-0.4, -0.2) is 0 Å². The SMILES string of the molecule is C1CCC2(C1)CCC(CC1CCC3(CCCC3)C1)C2. The maximum absolute atomic E-state index is 1.62. The molecule has 0 aliphatic heterocycles. The van der Waals surface area contributed by atoms with Crippen molar-refractivity contribution in [2.75, 3.05) is 0 Å². The first-order valence-electron chi connectivity index (χ1n) is 9.28. The van der Waals surface area contributed by atoms with Crippen LogP contribution in [0.25, 0.3) is 0 Å². The molecule has 0 aromatic rings. The molecule has 2 atom stereocenters. The molecule has 0 radical (unpaired) electrons. The molecule has 0 aromatic heterocycles. The van der Waals surface area contributed by atoms with Crippen LogP contribution >= 0.6 is 0 Å². The number of hydrogen-bond acceptors (Lipinski definition) is 0. The molecule has 2 spiro atoms. The van der Waals surface area contributed by atoms with E-state index in [1.807, 2.05) is 0 Å². The highest BCUT2D eigenvalue weighted by Gasteiger charge is 2.44. The maximum Gasteiger partial charge on any atom is -0.0295 e. The minimum atomic E-state index is 0.855. The van der Waals surface area contributed by atoms with E-state index in [0.29, 0.717) is 0 Å². The zero-order chi connectivity index (χ0) is 12.8. The molecule has 4 fully saturated rings. The summed E-state index contributed by atoms with van der Waals surface area (Å²) < 4.78 is 0. The molecule has 4 rings (SSSR count). The molecular weight excluding hydrogens is 228 g/mol. The van der Waals surface area contributed by atoms with E-state index >= 15 is 0 Å². The van der Waals surface area contributed by atoms with E-state index in [4.69, 9.17) is 0 Å². The lowest BCUT2D eigenvalue weighted by Crippen LogP contribution is -2.14. The van der Waals surface area contributed by atoms with Crippen LogP contribution in [0.3, 0.4) is 0 Å². The van der Waals surface area contributed by atoms with E-state index in [-0.39, 0.29) is 0 Å². The second-order valence-corrected chi connectivity index (χ2v) is 8.87. The Morgan fingerprint density at radius 1 is 0.579 bits per heavy atom. The second kappa shape index (κ2) is 4.78. The molecule has 0 amide bonds. The van der Waals surface area contributed by atoms with Crippen LogP contribution in [0.2, 0.25) is 0 Å². The van der Waals surface area contributed by atoms with Gasteiger partial charge in [0.2, 0.25) is 0 Å². The second-order valence-electron chi connectivity index (χ2n) is 8.87. The van der Waals surface area contributed by atoms with Gasteiger partial charge in [0.15, 0.2) is 0 Å². The van der Waals surface area contributed by atoms with Crippen molar-refractivity contribution in [1.82, 2.24) is 0 Å². The van der Waals surface area contributed by atoms with Gasteiger partial charge in [0.05, 0.1) is 0 Å². The normalized spacial score (nSPS) is 39.8. The standard InChI is InChI=1S/C19H32/c1-2-8-18(7-1)11-5-16(14-18)13-17-6-12-19(15-17)9-3-4-10-19/h16-17H,1-15H2. The van der Waals surface area contributed by atoms with Crippen molar-refractivity contribution in [3.63, 3.8) is 0 Å². The molecular formula is C19H32. The molecule has 4 aliphatic rings. The molecule has 108 valence electrons. The largest absolute Gasteiger partial charge is 0.0528 e. The predicted octanol–water partition coefficient (Wildman–Crippen LogP) is 6.10. The Labute approximate surface area is 119 Å². The summed E-state index contributed by atoms with van der Waals surface area (Å²) in [6.45, 7) is 0. The summed E-state index contributed by atoms with van der Waals surface area (Å²) in [5.74, 6) is 2.25. The molecule has 0 bridgehead atoms. The summed E-state index contributed by atoms with van der Waals surface area (Å²) in [6.07, 6.45) is 23.7. The molecule has 0 heteroatoms.